The van der Waals surface area contributed by atoms with Crippen LogP contribution in [0.25, 0.3) is 0 Å². The lowest BCUT2D eigenvalue weighted by molar-refractivity contribution is -0.151. The molecule has 1 atom stereocenters. The number of benzene rings is 1. The van der Waals surface area contributed by atoms with E-state index in [2.05, 4.69) is 11.4 Å². The van der Waals surface area contributed by atoms with Crippen molar-refractivity contribution in [2.45, 2.75) is 45.4 Å². The number of rotatable bonds is 7. The molecule has 0 bridgehead atoms. The van der Waals surface area contributed by atoms with Crippen molar-refractivity contribution in [3.8, 4) is 11.8 Å². The van der Waals surface area contributed by atoms with Crippen LogP contribution in [0.15, 0.2) is 24.3 Å². The van der Waals surface area contributed by atoms with Crippen molar-refractivity contribution in [2.75, 3.05) is 30.0 Å². The molecule has 2 aromatic rings. The van der Waals surface area contributed by atoms with E-state index in [9.17, 15) is 19.6 Å². The molecule has 34 heavy (non-hydrogen) atoms. The summed E-state index contributed by atoms with van der Waals surface area (Å²) in [6.07, 6.45) is 5.06. The average Bonchev–Trinajstić information content (AvgIpc) is 3.29. The number of aryl methyl sites for hydroxylation is 1. The van der Waals surface area contributed by atoms with Crippen LogP contribution in [0.5, 0.6) is 5.75 Å². The number of nitrogens with zero attached hydrogens (tertiary/aromatic N) is 2. The Kier molecular flexibility index (Phi) is 7.48. The van der Waals surface area contributed by atoms with Crippen molar-refractivity contribution in [1.82, 2.24) is 0 Å². The summed E-state index contributed by atoms with van der Waals surface area (Å²) >= 11 is 1.43. The monoisotopic (exact) mass is 481 g/mol. The van der Waals surface area contributed by atoms with Crippen LogP contribution in [0.4, 0.5) is 10.7 Å². The summed E-state index contributed by atoms with van der Waals surface area (Å²) in [5.74, 6) is -1.18. The minimum absolute atomic E-state index is 0.0316. The molecule has 1 aromatic heterocycles. The van der Waals surface area contributed by atoms with E-state index < -0.39 is 24.4 Å². The lowest BCUT2D eigenvalue weighted by Crippen LogP contribution is -2.28. The van der Waals surface area contributed by atoms with Gasteiger partial charge >= 0.3 is 5.97 Å². The summed E-state index contributed by atoms with van der Waals surface area (Å²) in [5, 5.41) is 12.8. The highest BCUT2D eigenvalue weighted by Gasteiger charge is 2.36. The van der Waals surface area contributed by atoms with Crippen molar-refractivity contribution in [2.24, 2.45) is 5.92 Å². The first-order chi connectivity index (χ1) is 16.5. The molecule has 8 nitrogen and oxygen atoms in total. The molecule has 1 aliphatic heterocycles. The van der Waals surface area contributed by atoms with Crippen LogP contribution in [-0.2, 0) is 32.0 Å². The van der Waals surface area contributed by atoms with Gasteiger partial charge in [0.05, 0.1) is 18.1 Å². The van der Waals surface area contributed by atoms with E-state index in [4.69, 9.17) is 9.47 Å². The Morgan fingerprint density at radius 2 is 1.97 bits per heavy atom. The molecule has 2 aliphatic rings. The third-order valence-electron chi connectivity index (χ3n) is 6.05. The molecule has 1 aromatic carbocycles. The second kappa shape index (κ2) is 10.7. The van der Waals surface area contributed by atoms with E-state index in [1.54, 1.807) is 29.2 Å². The van der Waals surface area contributed by atoms with E-state index in [0.29, 0.717) is 28.6 Å². The maximum Gasteiger partial charge on any atom is 0.311 e. The molecule has 9 heteroatoms. The van der Waals surface area contributed by atoms with Gasteiger partial charge in [-0.3, -0.25) is 14.4 Å². The summed E-state index contributed by atoms with van der Waals surface area (Å²) in [5.41, 5.74) is 2.24. The van der Waals surface area contributed by atoms with Gasteiger partial charge in [-0.05, 0) is 62.4 Å². The second-order valence-corrected chi connectivity index (χ2v) is 9.47. The van der Waals surface area contributed by atoms with E-state index in [1.165, 1.54) is 11.3 Å². The number of carbonyl (C=O) groups excluding carboxylic acids is 3. The van der Waals surface area contributed by atoms with Gasteiger partial charge in [0.1, 0.15) is 16.8 Å². The number of nitrogens with one attached hydrogen (secondary N) is 1. The molecular formula is C25H27N3O5S. The SMILES string of the molecule is CCOc1ccc(N2C[C@H](C(=O)OCC(=O)Nc3sc4c(c3C#N)CCCCC4)CC2=O)cc1. The highest BCUT2D eigenvalue weighted by atomic mass is 32.1. The summed E-state index contributed by atoms with van der Waals surface area (Å²) in [4.78, 5) is 40.1. The first-order valence-electron chi connectivity index (χ1n) is 11.5. The number of amides is 2. The van der Waals surface area contributed by atoms with Gasteiger partial charge in [0.15, 0.2) is 6.61 Å². The van der Waals surface area contributed by atoms with Crippen LogP contribution in [0.1, 0.15) is 48.6 Å². The molecule has 178 valence electrons. The Hall–Kier alpha value is -3.38. The van der Waals surface area contributed by atoms with E-state index in [-0.39, 0.29) is 18.9 Å². The molecular weight excluding hydrogens is 454 g/mol. The van der Waals surface area contributed by atoms with Crippen LogP contribution in [0, 0.1) is 17.2 Å². The van der Waals surface area contributed by atoms with Gasteiger partial charge in [0.25, 0.3) is 5.91 Å². The maximum absolute atomic E-state index is 12.5. The van der Waals surface area contributed by atoms with Crippen LogP contribution in [0.3, 0.4) is 0 Å². The number of carbonyl (C=O) groups is 3. The lowest BCUT2D eigenvalue weighted by atomic mass is 10.1. The predicted molar refractivity (Wildman–Crippen MR) is 128 cm³/mol. The number of thiophene rings is 1. The standard InChI is InChI=1S/C25H27N3O5S/c1-2-32-18-10-8-17(9-11-18)28-14-16(12-23(28)30)25(31)33-15-22(29)27-24-20(13-26)19-6-4-3-5-7-21(19)34-24/h8-11,16H,2-7,12,14-15H2,1H3,(H,27,29)/t16-/m1/s1. The zero-order valence-corrected chi connectivity index (χ0v) is 19.9. The zero-order chi connectivity index (χ0) is 24.1. The van der Waals surface area contributed by atoms with Crippen LogP contribution in [0.2, 0.25) is 0 Å². The van der Waals surface area contributed by atoms with Crippen molar-refractivity contribution < 1.29 is 23.9 Å². The Labute approximate surface area is 202 Å². The fraction of sp³-hybridized carbons (Fsp3) is 0.440. The first kappa shape index (κ1) is 23.8. The largest absolute Gasteiger partial charge is 0.494 e. The van der Waals surface area contributed by atoms with E-state index >= 15 is 0 Å². The molecule has 0 radical (unpaired) electrons. The van der Waals surface area contributed by atoms with Gasteiger partial charge in [0, 0.05) is 23.5 Å². The normalized spacial score (nSPS) is 17.5. The summed E-state index contributed by atoms with van der Waals surface area (Å²) in [6, 6.07) is 9.33. The smallest absolute Gasteiger partial charge is 0.311 e. The minimum Gasteiger partial charge on any atom is -0.494 e. The van der Waals surface area contributed by atoms with Gasteiger partial charge in [0.2, 0.25) is 5.91 Å². The average molecular weight is 482 g/mol. The number of nitriles is 1. The van der Waals surface area contributed by atoms with Gasteiger partial charge in [-0.1, -0.05) is 6.42 Å². The maximum atomic E-state index is 12.5. The fourth-order valence-corrected chi connectivity index (χ4v) is 5.63. The fourth-order valence-electron chi connectivity index (χ4n) is 4.37. The molecule has 1 saturated heterocycles. The number of anilines is 2. The molecule has 0 unspecified atom stereocenters. The summed E-state index contributed by atoms with van der Waals surface area (Å²) < 4.78 is 10.6. The van der Waals surface area contributed by atoms with Gasteiger partial charge < -0.3 is 19.7 Å². The Morgan fingerprint density at radius 1 is 1.21 bits per heavy atom. The van der Waals surface area contributed by atoms with Crippen molar-refractivity contribution in [3.63, 3.8) is 0 Å². The third-order valence-corrected chi connectivity index (χ3v) is 7.26. The highest BCUT2D eigenvalue weighted by Crippen LogP contribution is 2.37. The van der Waals surface area contributed by atoms with Gasteiger partial charge in [-0.2, -0.15) is 5.26 Å². The number of hydrogen-bond acceptors (Lipinski definition) is 7. The molecule has 2 heterocycles. The van der Waals surface area contributed by atoms with E-state index in [0.717, 1.165) is 42.5 Å². The molecule has 2 amide bonds. The number of ether oxygens (including phenoxy) is 2. The molecule has 0 saturated carbocycles. The van der Waals surface area contributed by atoms with Crippen LogP contribution in [-0.4, -0.2) is 37.5 Å². The van der Waals surface area contributed by atoms with Crippen molar-refractivity contribution >= 4 is 39.8 Å². The van der Waals surface area contributed by atoms with Crippen molar-refractivity contribution in [3.05, 3.63) is 40.3 Å². The zero-order valence-electron chi connectivity index (χ0n) is 19.1. The summed E-state index contributed by atoms with van der Waals surface area (Å²) in [6.45, 7) is 2.19. The first-order valence-corrected chi connectivity index (χ1v) is 12.4. The number of esters is 1. The highest BCUT2D eigenvalue weighted by molar-refractivity contribution is 7.16. The van der Waals surface area contributed by atoms with Crippen LogP contribution < -0.4 is 15.0 Å². The molecule has 1 fully saturated rings. The quantitative estimate of drug-likeness (QED) is 0.476. The molecule has 4 rings (SSSR count). The Bertz CT molecular complexity index is 1120. The Morgan fingerprint density at radius 3 is 2.71 bits per heavy atom. The van der Waals surface area contributed by atoms with Crippen LogP contribution >= 0.6 is 11.3 Å². The molecule has 0 spiro atoms. The van der Waals surface area contributed by atoms with Crippen molar-refractivity contribution in [1.29, 1.82) is 5.26 Å². The topological polar surface area (TPSA) is 109 Å². The Balaban J connectivity index is 1.31. The third kappa shape index (κ3) is 5.23. The molecule has 1 N–H and O–H groups in total. The lowest BCUT2D eigenvalue weighted by Gasteiger charge is -2.17. The second-order valence-electron chi connectivity index (χ2n) is 8.37. The number of hydrogen-bond donors (Lipinski definition) is 1. The molecule has 1 aliphatic carbocycles. The minimum atomic E-state index is -0.640. The number of fused-ring (bicyclic) bond motifs is 1. The van der Waals surface area contributed by atoms with Gasteiger partial charge in [-0.25, -0.2) is 0 Å². The predicted octanol–water partition coefficient (Wildman–Crippen LogP) is 3.82. The van der Waals surface area contributed by atoms with Gasteiger partial charge in [-0.15, -0.1) is 11.3 Å². The summed E-state index contributed by atoms with van der Waals surface area (Å²) in [7, 11) is 0. The van der Waals surface area contributed by atoms with E-state index in [1.807, 2.05) is 6.92 Å².